The van der Waals surface area contributed by atoms with E-state index in [1.807, 2.05) is 0 Å². The van der Waals surface area contributed by atoms with Crippen molar-refractivity contribution in [2.45, 2.75) is 24.4 Å². The number of carbonyl (C=O) groups is 2. The van der Waals surface area contributed by atoms with Gasteiger partial charge in [-0.05, 0) is 66.2 Å². The molecule has 0 saturated carbocycles. The highest BCUT2D eigenvalue weighted by Crippen LogP contribution is 2.50. The molecule has 7 rings (SSSR count). The zero-order valence-electron chi connectivity index (χ0n) is 32.4. The molecule has 0 radical (unpaired) electrons. The minimum atomic E-state index is -4.83. The lowest BCUT2D eigenvalue weighted by atomic mass is 9.86. The quantitative estimate of drug-likeness (QED) is 0.0557. The lowest BCUT2D eigenvalue weighted by Crippen LogP contribution is -2.42. The Bertz CT molecular complexity index is 2790. The van der Waals surface area contributed by atoms with Gasteiger partial charge in [0, 0.05) is 50.9 Å². The summed E-state index contributed by atoms with van der Waals surface area (Å²) in [5, 5.41) is 32.0. The van der Waals surface area contributed by atoms with Gasteiger partial charge in [-0.3, -0.25) is 0 Å². The van der Waals surface area contributed by atoms with E-state index in [1.165, 1.54) is 79.4 Å². The van der Waals surface area contributed by atoms with E-state index in [-0.39, 0.29) is 69.8 Å². The number of hydrogen-bond acceptors (Lipinski definition) is 12. The Balaban J connectivity index is 0.000000198. The first-order valence-corrected chi connectivity index (χ1v) is 19.1. The first-order chi connectivity index (χ1) is 29.4. The van der Waals surface area contributed by atoms with Gasteiger partial charge in [0.15, 0.2) is 5.17 Å². The van der Waals surface area contributed by atoms with Crippen molar-refractivity contribution in [3.8, 4) is 0 Å². The topological polar surface area (TPSA) is 168 Å². The van der Waals surface area contributed by atoms with Crippen LogP contribution in [0.1, 0.15) is 49.4 Å². The number of rotatable bonds is 6. The Labute approximate surface area is 376 Å². The molecular weight excluding hydrogens is 956 g/mol. The third-order valence-corrected chi connectivity index (χ3v) is 9.93. The van der Waals surface area contributed by atoms with E-state index in [4.69, 9.17) is 72.8 Å². The summed E-state index contributed by atoms with van der Waals surface area (Å²) in [7, 11) is 5.61. The zero-order valence-corrected chi connectivity index (χ0v) is 36.2. The summed E-state index contributed by atoms with van der Waals surface area (Å²) in [5.74, 6) is -1.18. The fraction of sp³-hybridized carbons (Fsp3) is 0.211. The largest absolute Gasteiger partial charge is 0.465 e. The molecule has 63 heavy (non-hydrogen) atoms. The minimum Gasteiger partial charge on any atom is -0.465 e. The van der Waals surface area contributed by atoms with E-state index < -0.39 is 41.9 Å². The first-order valence-electron chi connectivity index (χ1n) is 17.2. The molecule has 2 aromatic heterocycles. The smallest absolute Gasteiger partial charge is 0.435 e. The van der Waals surface area contributed by atoms with Crippen molar-refractivity contribution in [1.82, 2.24) is 30.0 Å². The van der Waals surface area contributed by atoms with Gasteiger partial charge in [0.1, 0.15) is 22.1 Å². The normalized spacial score (nSPS) is 15.2. The maximum atomic E-state index is 14.2. The van der Waals surface area contributed by atoms with Gasteiger partial charge in [-0.2, -0.15) is 56.3 Å². The molecule has 1 unspecified atom stereocenters. The lowest BCUT2D eigenvalue weighted by Gasteiger charge is -2.29. The number of alkyl halides is 6. The summed E-state index contributed by atoms with van der Waals surface area (Å²) in [4.78, 5) is 31.1. The molecule has 1 aliphatic heterocycles. The number of benzene rings is 4. The summed E-state index contributed by atoms with van der Waals surface area (Å²) in [6.07, 6.45) is -9.95. The van der Waals surface area contributed by atoms with Crippen LogP contribution in [0.2, 0.25) is 20.1 Å². The van der Waals surface area contributed by atoms with E-state index >= 15 is 0 Å². The fourth-order valence-electron chi connectivity index (χ4n) is 5.92. The molecule has 0 saturated heterocycles. The van der Waals surface area contributed by atoms with Crippen LogP contribution in [0, 0.1) is 0 Å². The molecular formula is C38H27Cl5F6N8O6. The summed E-state index contributed by atoms with van der Waals surface area (Å²) >= 11 is 28.7. The van der Waals surface area contributed by atoms with Crippen LogP contribution in [0.3, 0.4) is 0 Å². The van der Waals surface area contributed by atoms with E-state index in [0.29, 0.717) is 16.6 Å². The highest BCUT2D eigenvalue weighted by molar-refractivity contribution is 6.70. The molecule has 1 N–H and O–H groups in total. The van der Waals surface area contributed by atoms with Crippen LogP contribution in [0.5, 0.6) is 0 Å². The molecule has 1 aliphatic rings. The van der Waals surface area contributed by atoms with Crippen LogP contribution in [0.25, 0.3) is 27.6 Å². The Morgan fingerprint density at radius 2 is 1.17 bits per heavy atom. The van der Waals surface area contributed by atoms with Crippen LogP contribution in [0.4, 0.5) is 26.3 Å². The molecule has 4 aromatic carbocycles. The number of oxime groups is 2. The number of allylic oxidation sites excluding steroid dienone is 1. The number of nitrogens with zero attached hydrogens (tertiary/aromatic N) is 8. The van der Waals surface area contributed by atoms with Crippen LogP contribution in [-0.4, -0.2) is 84.6 Å². The molecule has 14 nitrogen and oxygen atoms in total. The second-order valence-corrected chi connectivity index (χ2v) is 15.0. The fourth-order valence-corrected chi connectivity index (χ4v) is 7.12. The Morgan fingerprint density at radius 3 is 1.63 bits per heavy atom. The molecule has 0 fully saturated rings. The predicted octanol–water partition coefficient (Wildman–Crippen LogP) is 10.3. The molecule has 0 amide bonds. The molecule has 0 aliphatic carbocycles. The van der Waals surface area contributed by atoms with Gasteiger partial charge in [-0.25, -0.2) is 9.59 Å². The average molecular weight is 983 g/mol. The van der Waals surface area contributed by atoms with Gasteiger partial charge in [0.2, 0.25) is 0 Å². The van der Waals surface area contributed by atoms with Crippen molar-refractivity contribution >= 4 is 108 Å². The number of hydrogen-bond donors (Lipinski definition) is 1. The van der Waals surface area contributed by atoms with Crippen LogP contribution >= 0.6 is 58.0 Å². The predicted molar refractivity (Wildman–Crippen MR) is 222 cm³/mol. The second-order valence-electron chi connectivity index (χ2n) is 12.9. The maximum Gasteiger partial charge on any atom is 0.435 e. The van der Waals surface area contributed by atoms with Crippen molar-refractivity contribution in [3.05, 3.63) is 121 Å². The number of aromatic nitrogens is 6. The van der Waals surface area contributed by atoms with E-state index in [9.17, 15) is 35.9 Å². The number of aryl methyl sites for hydroxylation is 2. The first kappa shape index (κ1) is 48.4. The van der Waals surface area contributed by atoms with E-state index in [2.05, 4.69) is 42.0 Å². The third-order valence-electron chi connectivity index (χ3n) is 8.78. The number of halogens is 11. The number of fused-ring (bicyclic) bond motifs is 2. The van der Waals surface area contributed by atoms with E-state index in [0.717, 1.165) is 12.1 Å². The van der Waals surface area contributed by atoms with Crippen molar-refractivity contribution in [3.63, 3.8) is 0 Å². The zero-order chi connectivity index (χ0) is 46.8. The van der Waals surface area contributed by atoms with Crippen molar-refractivity contribution in [2.24, 2.45) is 24.4 Å². The maximum absolute atomic E-state index is 14.2. The molecule has 332 valence electrons. The van der Waals surface area contributed by atoms with Crippen LogP contribution in [-0.2, 0) is 34.0 Å². The molecule has 3 heterocycles. The molecule has 0 spiro atoms. The highest BCUT2D eigenvalue weighted by atomic mass is 35.5. The Hall–Kier alpha value is -5.67. The summed E-state index contributed by atoms with van der Waals surface area (Å²) in [5.41, 5.74) is -2.07. The number of methoxy groups -OCH3 is 2. The summed E-state index contributed by atoms with van der Waals surface area (Å²) in [6.45, 7) is 2.94. The average Bonchev–Trinajstić information content (AvgIpc) is 3.95. The second kappa shape index (κ2) is 19.0. The van der Waals surface area contributed by atoms with Crippen LogP contribution in [0.15, 0.2) is 77.6 Å². The van der Waals surface area contributed by atoms with Crippen LogP contribution < -0.4 is 0 Å². The molecule has 6 aromatic rings. The molecule has 25 heteroatoms. The van der Waals surface area contributed by atoms with Gasteiger partial charge in [-0.15, -0.1) is 0 Å². The lowest BCUT2D eigenvalue weighted by molar-refractivity contribution is -0.275. The van der Waals surface area contributed by atoms with E-state index in [1.54, 1.807) is 7.05 Å². The number of ether oxygens (including phenoxy) is 2. The standard InChI is InChI=1S/C19H13Cl2F3N4O3.C10H9ClN4O3.C9H5Cl2F3/c1-28-25-15-12(3-4-13(16(15)26-28)17(29)30-2)14-8-18(31-27-14,19(22,23)24)9-5-10(20)7-11(21)6-9;1-15-12-7-5(9(11)14-17)3-4-6(8(7)13-15)10(16)18-2;1-5(9(12,13)14)6-2-7(10)4-8(11)3-6/h3-7H,8H2,1-2H3;3-4,17H,1-2H3;2-4H,1H2/b;14-9-;. The summed E-state index contributed by atoms with van der Waals surface area (Å²) in [6, 6.07) is 13.1. The van der Waals surface area contributed by atoms with Gasteiger partial charge >= 0.3 is 24.3 Å². The van der Waals surface area contributed by atoms with Crippen molar-refractivity contribution in [1.29, 1.82) is 0 Å². The van der Waals surface area contributed by atoms with Crippen molar-refractivity contribution in [2.75, 3.05) is 14.2 Å². The Kier molecular flexibility index (Phi) is 14.6. The summed E-state index contributed by atoms with van der Waals surface area (Å²) < 4.78 is 88.7. The van der Waals surface area contributed by atoms with Crippen molar-refractivity contribution < 1.29 is 55.5 Å². The SMILES string of the molecule is C=C(c1cc(Cl)cc(Cl)c1)C(F)(F)F.COC(=O)c1ccc(/C(Cl)=N/O)c2nn(C)nc12.COC(=O)c1ccc(C2=NOC(c3cc(Cl)cc(Cl)c3)(C(F)(F)F)C2)c2nn(C)nc12. The van der Waals surface area contributed by atoms with Gasteiger partial charge in [-0.1, -0.05) is 74.9 Å². The highest BCUT2D eigenvalue weighted by Gasteiger charge is 2.62. The van der Waals surface area contributed by atoms with Gasteiger partial charge < -0.3 is 19.5 Å². The molecule has 1 atom stereocenters. The van der Waals surface area contributed by atoms with Gasteiger partial charge in [0.05, 0.1) is 43.1 Å². The monoisotopic (exact) mass is 980 g/mol. The van der Waals surface area contributed by atoms with Gasteiger partial charge in [0.25, 0.3) is 5.60 Å². The third kappa shape index (κ3) is 10.4. The minimum absolute atomic E-state index is 0.0182. The molecule has 0 bridgehead atoms. The number of carbonyl (C=O) groups excluding carboxylic acids is 2. The Morgan fingerprint density at radius 1 is 0.746 bits per heavy atom. The number of esters is 2.